The Hall–Kier alpha value is -2.02. The number of Topliss-reactive ketones (excluding diaryl/α,β-unsaturated/α-hetero) is 1. The Morgan fingerprint density at radius 1 is 1.07 bits per heavy atom. The average Bonchev–Trinajstić information content (AvgIpc) is 3.07. The minimum atomic E-state index is -3.64. The number of ketones is 1. The number of hydroxylamine groups is 2. The highest BCUT2D eigenvalue weighted by atomic mass is 31.2. The molecule has 1 aliphatic rings. The summed E-state index contributed by atoms with van der Waals surface area (Å²) < 4.78 is 24.8. The van der Waals surface area contributed by atoms with Crippen LogP contribution in [0.15, 0.2) is 54.6 Å². The second kappa shape index (κ2) is 9.20. The zero-order valence-electron chi connectivity index (χ0n) is 16.7. The van der Waals surface area contributed by atoms with Crippen molar-refractivity contribution in [2.45, 2.75) is 31.7 Å². The number of carbonyl (C=O) groups excluding carboxylic acids is 1. The normalized spacial score (nSPS) is 22.7. The van der Waals surface area contributed by atoms with Crippen LogP contribution >= 0.6 is 7.60 Å². The van der Waals surface area contributed by atoms with Gasteiger partial charge in [0.25, 0.3) is 0 Å². The third kappa shape index (κ3) is 4.29. The fraction of sp³-hybridized carbons (Fsp3) is 0.381. The Labute approximate surface area is 170 Å². The van der Waals surface area contributed by atoms with Crippen LogP contribution in [0.25, 0.3) is 0 Å². The maximum Gasteiger partial charge on any atom is 0.350 e. The van der Waals surface area contributed by atoms with E-state index in [1.165, 1.54) is 11.1 Å². The highest BCUT2D eigenvalue weighted by molar-refractivity contribution is 7.54. The lowest BCUT2D eigenvalue weighted by Gasteiger charge is -2.30. The summed E-state index contributed by atoms with van der Waals surface area (Å²) in [6, 6.07) is 15.6. The molecule has 156 valence electrons. The molecule has 0 amide bonds. The Kier molecular flexibility index (Phi) is 6.88. The summed E-state index contributed by atoms with van der Waals surface area (Å²) in [5.74, 6) is -1.95. The molecule has 0 aromatic heterocycles. The van der Waals surface area contributed by atoms with Crippen molar-refractivity contribution in [3.05, 3.63) is 65.7 Å². The lowest BCUT2D eigenvalue weighted by atomic mass is 9.89. The Morgan fingerprint density at radius 2 is 1.66 bits per heavy atom. The smallest absolute Gasteiger partial charge is 0.350 e. The zero-order valence-corrected chi connectivity index (χ0v) is 17.6. The molecule has 8 heteroatoms. The molecule has 0 unspecified atom stereocenters. The Bertz CT molecular complexity index is 880. The molecule has 0 aliphatic carbocycles. The minimum absolute atomic E-state index is 0.128. The van der Waals surface area contributed by atoms with Gasteiger partial charge in [0.1, 0.15) is 11.5 Å². The maximum absolute atomic E-state index is 13.7. The van der Waals surface area contributed by atoms with Gasteiger partial charge in [-0.1, -0.05) is 42.5 Å². The second-order valence-corrected chi connectivity index (χ2v) is 8.80. The molecule has 0 spiro atoms. The predicted molar refractivity (Wildman–Crippen MR) is 109 cm³/mol. The third-order valence-electron chi connectivity index (χ3n) is 4.85. The van der Waals surface area contributed by atoms with Crippen LogP contribution in [0.2, 0.25) is 0 Å². The Balaban J connectivity index is 2.09. The summed E-state index contributed by atoms with van der Waals surface area (Å²) in [5, 5.41) is 11.6. The van der Waals surface area contributed by atoms with E-state index in [2.05, 4.69) is 0 Å². The molecule has 1 heterocycles. The van der Waals surface area contributed by atoms with Gasteiger partial charge in [0.05, 0.1) is 18.8 Å². The topological polar surface area (TPSA) is 85.3 Å². The van der Waals surface area contributed by atoms with E-state index in [-0.39, 0.29) is 24.5 Å². The number of nitrogens with zero attached hydrogens (tertiary/aromatic N) is 1. The highest BCUT2D eigenvalue weighted by Crippen LogP contribution is 2.61. The number of benzene rings is 2. The van der Waals surface area contributed by atoms with E-state index in [0.29, 0.717) is 0 Å². The van der Waals surface area contributed by atoms with Gasteiger partial charge < -0.3 is 14.2 Å². The number of phenols is 1. The van der Waals surface area contributed by atoms with Crippen LogP contribution in [0.1, 0.15) is 35.7 Å². The van der Waals surface area contributed by atoms with Gasteiger partial charge in [0.15, 0.2) is 11.9 Å². The summed E-state index contributed by atoms with van der Waals surface area (Å²) in [4.78, 5) is 19.2. The van der Waals surface area contributed by atoms with Gasteiger partial charge in [-0.2, -0.15) is 5.06 Å². The number of hydrogen-bond donors (Lipinski definition) is 1. The monoisotopic (exact) mass is 419 g/mol. The molecule has 29 heavy (non-hydrogen) atoms. The fourth-order valence-electron chi connectivity index (χ4n) is 3.70. The molecule has 7 nitrogen and oxygen atoms in total. The minimum Gasteiger partial charge on any atom is -0.507 e. The molecular formula is C21H26NO6P. The first-order valence-electron chi connectivity index (χ1n) is 9.58. The first kappa shape index (κ1) is 21.7. The molecule has 3 rings (SSSR count). The highest BCUT2D eigenvalue weighted by Gasteiger charge is 2.56. The number of rotatable bonds is 8. The van der Waals surface area contributed by atoms with Crippen molar-refractivity contribution >= 4 is 13.4 Å². The molecule has 2 aromatic rings. The van der Waals surface area contributed by atoms with Gasteiger partial charge in [-0.05, 0) is 31.5 Å². The van der Waals surface area contributed by atoms with E-state index in [1.54, 1.807) is 39.1 Å². The van der Waals surface area contributed by atoms with Crippen molar-refractivity contribution in [3.8, 4) is 5.75 Å². The van der Waals surface area contributed by atoms with Crippen molar-refractivity contribution in [1.82, 2.24) is 5.06 Å². The zero-order chi connectivity index (χ0) is 21.0. The SMILES string of the molecule is CCOP(=O)(OCC)[C@@H]1[C@H](c2ccccc2)[C@@H](C(=O)c2ccccc2O)ON1C. The van der Waals surface area contributed by atoms with Gasteiger partial charge >= 0.3 is 7.60 Å². The van der Waals surface area contributed by atoms with Crippen molar-refractivity contribution in [2.75, 3.05) is 20.3 Å². The third-order valence-corrected chi connectivity index (χ3v) is 7.38. The average molecular weight is 419 g/mol. The predicted octanol–water partition coefficient (Wildman–Crippen LogP) is 4.20. The summed E-state index contributed by atoms with van der Waals surface area (Å²) in [6.45, 7) is 3.87. The molecule has 0 bridgehead atoms. The molecule has 0 radical (unpaired) electrons. The number of hydrogen-bond acceptors (Lipinski definition) is 7. The van der Waals surface area contributed by atoms with Crippen molar-refractivity contribution in [1.29, 1.82) is 0 Å². The number of carbonyl (C=O) groups is 1. The summed E-state index contributed by atoms with van der Waals surface area (Å²) >= 11 is 0. The van der Waals surface area contributed by atoms with Crippen LogP contribution in [0, 0.1) is 0 Å². The van der Waals surface area contributed by atoms with E-state index in [1.807, 2.05) is 30.3 Å². The fourth-order valence-corrected chi connectivity index (χ4v) is 5.98. The van der Waals surface area contributed by atoms with Gasteiger partial charge in [-0.3, -0.25) is 14.2 Å². The van der Waals surface area contributed by atoms with Gasteiger partial charge in [-0.25, -0.2) is 0 Å². The number of likely N-dealkylation sites (N-methyl/N-ethyl adjacent to an activating group) is 1. The van der Waals surface area contributed by atoms with Gasteiger partial charge in [0, 0.05) is 13.0 Å². The quantitative estimate of drug-likeness (QED) is 0.507. The van der Waals surface area contributed by atoms with E-state index < -0.39 is 31.2 Å². The summed E-state index contributed by atoms with van der Waals surface area (Å²) in [6.07, 6.45) is -0.991. The molecule has 1 aliphatic heterocycles. The van der Waals surface area contributed by atoms with E-state index in [4.69, 9.17) is 13.9 Å². The summed E-state index contributed by atoms with van der Waals surface area (Å²) in [5.41, 5.74) is 0.922. The van der Waals surface area contributed by atoms with Crippen molar-refractivity contribution in [2.24, 2.45) is 0 Å². The number of aromatic hydroxyl groups is 1. The largest absolute Gasteiger partial charge is 0.507 e. The molecule has 0 saturated carbocycles. The first-order chi connectivity index (χ1) is 13.9. The van der Waals surface area contributed by atoms with Crippen LogP contribution in [-0.2, 0) is 18.5 Å². The lowest BCUT2D eigenvalue weighted by Crippen LogP contribution is -2.31. The van der Waals surface area contributed by atoms with E-state index in [0.717, 1.165) is 5.56 Å². The van der Waals surface area contributed by atoms with Crippen LogP contribution < -0.4 is 0 Å². The molecule has 1 saturated heterocycles. The van der Waals surface area contributed by atoms with Gasteiger partial charge in [-0.15, -0.1) is 0 Å². The molecular weight excluding hydrogens is 393 g/mol. The molecule has 3 atom stereocenters. The van der Waals surface area contributed by atoms with Crippen LogP contribution in [0.5, 0.6) is 5.75 Å². The van der Waals surface area contributed by atoms with Crippen molar-refractivity contribution in [3.63, 3.8) is 0 Å². The molecule has 1 N–H and O–H groups in total. The molecule has 1 fully saturated rings. The van der Waals surface area contributed by atoms with Crippen molar-refractivity contribution < 1.29 is 28.4 Å². The van der Waals surface area contributed by atoms with Gasteiger partial charge in [0.2, 0.25) is 0 Å². The Morgan fingerprint density at radius 3 is 2.24 bits per heavy atom. The van der Waals surface area contributed by atoms with Crippen LogP contribution in [0.3, 0.4) is 0 Å². The van der Waals surface area contributed by atoms with Crippen LogP contribution in [-0.4, -0.2) is 48.1 Å². The van der Waals surface area contributed by atoms with E-state index >= 15 is 0 Å². The lowest BCUT2D eigenvalue weighted by molar-refractivity contribution is -0.122. The number of para-hydroxylation sites is 1. The van der Waals surface area contributed by atoms with E-state index in [9.17, 15) is 14.5 Å². The van der Waals surface area contributed by atoms with Crippen LogP contribution in [0.4, 0.5) is 0 Å². The first-order valence-corrected chi connectivity index (χ1v) is 11.2. The summed E-state index contributed by atoms with van der Waals surface area (Å²) in [7, 11) is -2.02. The standard InChI is InChI=1S/C21H26NO6P/c1-4-26-29(25,27-5-2)21-18(15-11-7-6-8-12-15)20(28-22(21)3)19(24)16-13-9-10-14-17(16)23/h6-14,18,20-21,23H,4-5H2,1-3H3/t18-,20+,21-/m1/s1. The second-order valence-electron chi connectivity index (χ2n) is 6.68. The molecule has 2 aromatic carbocycles. The number of phenolic OH excluding ortho intramolecular Hbond substituents is 1. The maximum atomic E-state index is 13.7.